The molecular formula is C24H27N3O4S. The van der Waals surface area contributed by atoms with Crippen molar-refractivity contribution in [3.05, 3.63) is 59.7 Å². The molecule has 0 bridgehead atoms. The summed E-state index contributed by atoms with van der Waals surface area (Å²) in [5, 5.41) is 0. The number of fused-ring (bicyclic) bond motifs is 1. The number of para-hydroxylation sites is 1. The van der Waals surface area contributed by atoms with Crippen LogP contribution in [0.5, 0.6) is 0 Å². The van der Waals surface area contributed by atoms with Gasteiger partial charge in [0, 0.05) is 43.3 Å². The maximum absolute atomic E-state index is 13.2. The fourth-order valence-electron chi connectivity index (χ4n) is 4.06. The van der Waals surface area contributed by atoms with Gasteiger partial charge in [-0.3, -0.25) is 9.59 Å². The predicted octanol–water partition coefficient (Wildman–Crippen LogP) is 3.28. The second kappa shape index (κ2) is 10.1. The molecular weight excluding hydrogens is 426 g/mol. The Morgan fingerprint density at radius 1 is 0.906 bits per heavy atom. The average Bonchev–Trinajstić information content (AvgIpc) is 3.27. The number of piperazine rings is 1. The highest BCUT2D eigenvalue weighted by Gasteiger charge is 2.28. The van der Waals surface area contributed by atoms with Crippen LogP contribution >= 0.6 is 11.8 Å². The van der Waals surface area contributed by atoms with Crippen molar-refractivity contribution >= 4 is 35.4 Å². The Morgan fingerprint density at radius 2 is 1.59 bits per heavy atom. The second-order valence-electron chi connectivity index (χ2n) is 7.69. The Balaban J connectivity index is 1.38. The lowest BCUT2D eigenvalue weighted by molar-refractivity contribution is -0.116. The topological polar surface area (TPSA) is 70.2 Å². The average molecular weight is 454 g/mol. The molecule has 2 heterocycles. The molecule has 0 aliphatic carbocycles. The fourth-order valence-corrected chi connectivity index (χ4v) is 4.98. The van der Waals surface area contributed by atoms with Crippen molar-refractivity contribution in [1.82, 2.24) is 9.80 Å². The van der Waals surface area contributed by atoms with Gasteiger partial charge in [-0.1, -0.05) is 30.3 Å². The molecule has 8 heteroatoms. The lowest BCUT2D eigenvalue weighted by Crippen LogP contribution is -2.50. The second-order valence-corrected chi connectivity index (χ2v) is 8.70. The van der Waals surface area contributed by atoms with Gasteiger partial charge in [-0.2, -0.15) is 0 Å². The lowest BCUT2D eigenvalue weighted by Gasteiger charge is -2.34. The number of ether oxygens (including phenoxy) is 1. The number of hydrogen-bond donors (Lipinski definition) is 0. The van der Waals surface area contributed by atoms with E-state index in [-0.39, 0.29) is 23.7 Å². The van der Waals surface area contributed by atoms with Crippen LogP contribution in [0, 0.1) is 0 Å². The minimum Gasteiger partial charge on any atom is -0.450 e. The Bertz CT molecular complexity index is 1000. The van der Waals surface area contributed by atoms with Crippen LogP contribution in [-0.2, 0) is 16.0 Å². The van der Waals surface area contributed by atoms with Gasteiger partial charge in [-0.05, 0) is 37.1 Å². The van der Waals surface area contributed by atoms with Crippen molar-refractivity contribution < 1.29 is 19.1 Å². The Kier molecular flexibility index (Phi) is 6.99. The van der Waals surface area contributed by atoms with E-state index in [1.54, 1.807) is 22.8 Å². The van der Waals surface area contributed by atoms with Crippen molar-refractivity contribution in [2.24, 2.45) is 0 Å². The van der Waals surface area contributed by atoms with Crippen LogP contribution in [0.15, 0.2) is 53.4 Å². The van der Waals surface area contributed by atoms with Crippen molar-refractivity contribution in [1.29, 1.82) is 0 Å². The van der Waals surface area contributed by atoms with Gasteiger partial charge in [-0.15, -0.1) is 11.8 Å². The number of carbonyl (C=O) groups is 3. The highest BCUT2D eigenvalue weighted by Crippen LogP contribution is 2.30. The maximum atomic E-state index is 13.2. The van der Waals surface area contributed by atoms with E-state index < -0.39 is 0 Å². The van der Waals surface area contributed by atoms with Crippen LogP contribution < -0.4 is 4.90 Å². The van der Waals surface area contributed by atoms with Gasteiger partial charge >= 0.3 is 6.09 Å². The molecule has 0 radical (unpaired) electrons. The van der Waals surface area contributed by atoms with Crippen molar-refractivity contribution in [2.45, 2.75) is 18.2 Å². The number of carbonyl (C=O) groups excluding carboxylic acids is 3. The van der Waals surface area contributed by atoms with E-state index in [9.17, 15) is 14.4 Å². The molecule has 168 valence electrons. The zero-order valence-corrected chi connectivity index (χ0v) is 19.0. The summed E-state index contributed by atoms with van der Waals surface area (Å²) in [6.07, 6.45) is 0.539. The molecule has 0 N–H and O–H groups in total. The molecule has 2 aliphatic rings. The molecule has 0 spiro atoms. The third-order valence-electron chi connectivity index (χ3n) is 5.75. The largest absolute Gasteiger partial charge is 0.450 e. The monoisotopic (exact) mass is 453 g/mol. The van der Waals surface area contributed by atoms with Crippen molar-refractivity contribution in [3.63, 3.8) is 0 Å². The standard InChI is InChI=1S/C24H27N3O4S/c1-2-31-24(30)26-15-13-25(14-16-26)23(29)19-8-4-6-10-21(19)32-17-22(28)27-12-11-18-7-3-5-9-20(18)27/h3-10H,2,11-17H2,1H3. The summed E-state index contributed by atoms with van der Waals surface area (Å²) in [6.45, 7) is 4.63. The van der Waals surface area contributed by atoms with Gasteiger partial charge < -0.3 is 19.4 Å². The van der Waals surface area contributed by atoms with Crippen LogP contribution in [0.25, 0.3) is 0 Å². The van der Waals surface area contributed by atoms with Crippen LogP contribution in [0.4, 0.5) is 10.5 Å². The molecule has 1 saturated heterocycles. The van der Waals surface area contributed by atoms with Crippen LogP contribution in [0.3, 0.4) is 0 Å². The minimum absolute atomic E-state index is 0.0465. The number of nitrogens with zero attached hydrogens (tertiary/aromatic N) is 3. The first kappa shape index (κ1) is 22.2. The van der Waals surface area contributed by atoms with Gasteiger partial charge in [-0.25, -0.2) is 4.79 Å². The highest BCUT2D eigenvalue weighted by molar-refractivity contribution is 8.00. The zero-order valence-electron chi connectivity index (χ0n) is 18.2. The summed E-state index contributed by atoms with van der Waals surface area (Å²) in [6, 6.07) is 15.4. The van der Waals surface area contributed by atoms with Crippen LogP contribution in [0.2, 0.25) is 0 Å². The van der Waals surface area contributed by atoms with E-state index >= 15 is 0 Å². The smallest absolute Gasteiger partial charge is 0.409 e. The van der Waals surface area contributed by atoms with Gasteiger partial charge in [0.25, 0.3) is 5.91 Å². The van der Waals surface area contributed by atoms with Gasteiger partial charge in [0.15, 0.2) is 0 Å². The zero-order chi connectivity index (χ0) is 22.5. The summed E-state index contributed by atoms with van der Waals surface area (Å²) >= 11 is 1.40. The first-order valence-corrected chi connectivity index (χ1v) is 11.9. The molecule has 3 amide bonds. The Hall–Kier alpha value is -3.00. The molecule has 4 rings (SSSR count). The first-order valence-electron chi connectivity index (χ1n) is 10.9. The maximum Gasteiger partial charge on any atom is 0.409 e. The van der Waals surface area contributed by atoms with E-state index in [0.717, 1.165) is 17.0 Å². The number of thioether (sulfide) groups is 1. The normalized spacial score (nSPS) is 15.5. The number of hydrogen-bond acceptors (Lipinski definition) is 5. The first-order chi connectivity index (χ1) is 15.6. The van der Waals surface area contributed by atoms with Gasteiger partial charge in [0.1, 0.15) is 0 Å². The van der Waals surface area contributed by atoms with E-state index in [1.807, 2.05) is 41.3 Å². The van der Waals surface area contributed by atoms with E-state index in [0.29, 0.717) is 44.9 Å². The van der Waals surface area contributed by atoms with E-state index in [1.165, 1.54) is 17.3 Å². The SMILES string of the molecule is CCOC(=O)N1CCN(C(=O)c2ccccc2SCC(=O)N2CCc3ccccc32)CC1. The molecule has 2 aromatic rings. The number of rotatable bonds is 5. The van der Waals surface area contributed by atoms with Gasteiger partial charge in [0.05, 0.1) is 17.9 Å². The molecule has 2 aliphatic heterocycles. The number of anilines is 1. The third kappa shape index (κ3) is 4.75. The molecule has 0 unspecified atom stereocenters. The minimum atomic E-state index is -0.336. The van der Waals surface area contributed by atoms with Gasteiger partial charge in [0.2, 0.25) is 5.91 Å². The number of benzene rings is 2. The van der Waals surface area contributed by atoms with Crippen LogP contribution in [0.1, 0.15) is 22.8 Å². The molecule has 0 atom stereocenters. The third-order valence-corrected chi connectivity index (χ3v) is 6.81. The lowest BCUT2D eigenvalue weighted by atomic mass is 10.2. The summed E-state index contributed by atoms with van der Waals surface area (Å²) in [5.41, 5.74) is 2.78. The predicted molar refractivity (Wildman–Crippen MR) is 124 cm³/mol. The summed E-state index contributed by atoms with van der Waals surface area (Å²) in [4.78, 5) is 44.0. The molecule has 7 nitrogen and oxygen atoms in total. The summed E-state index contributed by atoms with van der Waals surface area (Å²) in [5.74, 6) is 0.246. The van der Waals surface area contributed by atoms with E-state index in [2.05, 4.69) is 6.07 Å². The highest BCUT2D eigenvalue weighted by atomic mass is 32.2. The quantitative estimate of drug-likeness (QED) is 0.650. The fraction of sp³-hybridized carbons (Fsp3) is 0.375. The Morgan fingerprint density at radius 3 is 2.38 bits per heavy atom. The summed E-state index contributed by atoms with van der Waals surface area (Å²) in [7, 11) is 0. The molecule has 2 aromatic carbocycles. The van der Waals surface area contributed by atoms with E-state index in [4.69, 9.17) is 4.74 Å². The molecule has 0 saturated carbocycles. The molecule has 32 heavy (non-hydrogen) atoms. The number of amides is 3. The summed E-state index contributed by atoms with van der Waals surface area (Å²) < 4.78 is 5.04. The van der Waals surface area contributed by atoms with Crippen molar-refractivity contribution in [2.75, 3.05) is 50.0 Å². The molecule has 0 aromatic heterocycles. The van der Waals surface area contributed by atoms with Crippen molar-refractivity contribution in [3.8, 4) is 0 Å². The molecule has 1 fully saturated rings. The Labute approximate surface area is 192 Å². The van der Waals surface area contributed by atoms with Crippen LogP contribution in [-0.4, -0.2) is 72.8 Å².